The smallest absolute Gasteiger partial charge is 0.408 e. The van der Waals surface area contributed by atoms with Gasteiger partial charge in [-0.2, -0.15) is 0 Å². The van der Waals surface area contributed by atoms with Gasteiger partial charge in [0.05, 0.1) is 12.8 Å². The van der Waals surface area contributed by atoms with E-state index in [4.69, 9.17) is 4.74 Å². The van der Waals surface area contributed by atoms with Gasteiger partial charge < -0.3 is 10.1 Å². The van der Waals surface area contributed by atoms with Gasteiger partial charge in [-0.3, -0.25) is 5.32 Å². The molecule has 4 nitrogen and oxygen atoms in total. The van der Waals surface area contributed by atoms with Crippen LogP contribution in [0, 0.1) is 0 Å². The quantitative estimate of drug-likeness (QED) is 0.649. The highest BCUT2D eigenvalue weighted by Crippen LogP contribution is 2.01. The van der Waals surface area contributed by atoms with Crippen molar-refractivity contribution in [3.63, 3.8) is 0 Å². The van der Waals surface area contributed by atoms with Crippen LogP contribution in [0.2, 0.25) is 0 Å². The van der Waals surface area contributed by atoms with Crippen LogP contribution in [0.5, 0.6) is 0 Å². The van der Waals surface area contributed by atoms with Crippen LogP contribution in [0.25, 0.3) is 0 Å². The summed E-state index contributed by atoms with van der Waals surface area (Å²) in [6.07, 6.45) is 3.94. The summed E-state index contributed by atoms with van der Waals surface area (Å²) in [5.74, 6) is 0. The number of hydrogen-bond donors (Lipinski definition) is 2. The number of alkyl carbamates (subject to hydrolysis) is 1. The molecule has 0 aromatic heterocycles. The predicted molar refractivity (Wildman–Crippen MR) is 50.4 cm³/mol. The fraction of sp³-hybridized carbons (Fsp3) is 0.889. The number of hydrogen-bond acceptors (Lipinski definition) is 3. The first-order valence-electron chi connectivity index (χ1n) is 4.99. The minimum atomic E-state index is -0.298. The Balaban J connectivity index is 2.02. The maximum absolute atomic E-state index is 11.1. The summed E-state index contributed by atoms with van der Waals surface area (Å²) in [5, 5.41) is 5.93. The summed E-state index contributed by atoms with van der Waals surface area (Å²) >= 11 is 0. The lowest BCUT2D eigenvalue weighted by atomic mass is 10.3. The molecular weight excluding hydrogens is 168 g/mol. The molecule has 1 rings (SSSR count). The molecule has 1 fully saturated rings. The molecule has 0 aliphatic carbocycles. The van der Waals surface area contributed by atoms with E-state index in [1.807, 2.05) is 0 Å². The molecule has 2 N–H and O–H groups in total. The normalized spacial score (nSPS) is 21.5. The van der Waals surface area contributed by atoms with Crippen LogP contribution in [-0.2, 0) is 4.74 Å². The van der Waals surface area contributed by atoms with E-state index in [0.29, 0.717) is 6.61 Å². The number of carbonyl (C=O) groups excluding carboxylic acids is 1. The average molecular weight is 186 g/mol. The van der Waals surface area contributed by atoms with E-state index in [9.17, 15) is 4.79 Å². The number of nitrogens with one attached hydrogen (secondary N) is 2. The van der Waals surface area contributed by atoms with Crippen LogP contribution in [0.1, 0.15) is 32.6 Å². The van der Waals surface area contributed by atoms with E-state index in [2.05, 4.69) is 17.6 Å². The zero-order chi connectivity index (χ0) is 9.52. The summed E-state index contributed by atoms with van der Waals surface area (Å²) in [7, 11) is 0. The topological polar surface area (TPSA) is 50.4 Å². The largest absolute Gasteiger partial charge is 0.450 e. The second-order valence-corrected chi connectivity index (χ2v) is 3.28. The zero-order valence-electron chi connectivity index (χ0n) is 8.14. The molecule has 0 spiro atoms. The maximum Gasteiger partial charge on any atom is 0.408 e. The summed E-state index contributed by atoms with van der Waals surface area (Å²) in [5.41, 5.74) is 0. The lowest BCUT2D eigenvalue weighted by Gasteiger charge is -2.12. The molecule has 76 valence electrons. The van der Waals surface area contributed by atoms with Gasteiger partial charge in [-0.1, -0.05) is 13.3 Å². The van der Waals surface area contributed by atoms with E-state index in [0.717, 1.165) is 32.2 Å². The van der Waals surface area contributed by atoms with E-state index < -0.39 is 0 Å². The number of rotatable bonds is 4. The molecule has 4 heteroatoms. The van der Waals surface area contributed by atoms with Crippen LogP contribution < -0.4 is 10.6 Å². The van der Waals surface area contributed by atoms with E-state index in [-0.39, 0.29) is 12.3 Å². The molecular formula is C9H18N2O2. The van der Waals surface area contributed by atoms with Crippen molar-refractivity contribution in [3.8, 4) is 0 Å². The molecule has 1 amide bonds. The number of carbonyl (C=O) groups is 1. The fourth-order valence-corrected chi connectivity index (χ4v) is 1.30. The average Bonchev–Trinajstić information content (AvgIpc) is 2.57. The molecule has 1 aliphatic rings. The molecule has 0 aromatic carbocycles. The van der Waals surface area contributed by atoms with E-state index >= 15 is 0 Å². The fourth-order valence-electron chi connectivity index (χ4n) is 1.30. The molecule has 0 radical (unpaired) electrons. The SMILES string of the molecule is CCCCOC(=O)NC1CCCN1. The highest BCUT2D eigenvalue weighted by Gasteiger charge is 2.16. The van der Waals surface area contributed by atoms with Crippen molar-refractivity contribution in [1.29, 1.82) is 0 Å². The first kappa shape index (κ1) is 10.3. The van der Waals surface area contributed by atoms with Gasteiger partial charge in [0, 0.05) is 0 Å². The summed E-state index contributed by atoms with van der Waals surface area (Å²) in [4.78, 5) is 11.1. The van der Waals surface area contributed by atoms with Gasteiger partial charge in [0.2, 0.25) is 0 Å². The van der Waals surface area contributed by atoms with Crippen molar-refractivity contribution < 1.29 is 9.53 Å². The monoisotopic (exact) mass is 186 g/mol. The lowest BCUT2D eigenvalue weighted by Crippen LogP contribution is -2.41. The highest BCUT2D eigenvalue weighted by atomic mass is 16.5. The molecule has 1 atom stereocenters. The Labute approximate surface area is 79.0 Å². The lowest BCUT2D eigenvalue weighted by molar-refractivity contribution is 0.139. The summed E-state index contributed by atoms with van der Waals surface area (Å²) in [6, 6.07) is 0. The van der Waals surface area contributed by atoms with E-state index in [1.54, 1.807) is 0 Å². The van der Waals surface area contributed by atoms with Gasteiger partial charge in [0.1, 0.15) is 0 Å². The standard InChI is InChI=1S/C9H18N2O2/c1-2-3-7-13-9(12)11-8-5-4-6-10-8/h8,10H,2-7H2,1H3,(H,11,12). The molecule has 1 heterocycles. The number of unbranched alkanes of at least 4 members (excludes halogenated alkanes) is 1. The van der Waals surface area contributed by atoms with Crippen LogP contribution in [0.4, 0.5) is 4.79 Å². The van der Waals surface area contributed by atoms with Crippen LogP contribution in [-0.4, -0.2) is 25.4 Å². The number of amides is 1. The van der Waals surface area contributed by atoms with Crippen LogP contribution in [0.15, 0.2) is 0 Å². The molecule has 0 bridgehead atoms. The maximum atomic E-state index is 11.1. The van der Waals surface area contributed by atoms with Crippen LogP contribution >= 0.6 is 0 Å². The highest BCUT2D eigenvalue weighted by molar-refractivity contribution is 5.67. The van der Waals surface area contributed by atoms with Gasteiger partial charge in [-0.25, -0.2) is 4.79 Å². The van der Waals surface area contributed by atoms with Crippen molar-refractivity contribution in [2.24, 2.45) is 0 Å². The van der Waals surface area contributed by atoms with Gasteiger partial charge >= 0.3 is 6.09 Å². The molecule has 0 aromatic rings. The Morgan fingerprint density at radius 2 is 2.54 bits per heavy atom. The minimum absolute atomic E-state index is 0.120. The third-order valence-electron chi connectivity index (χ3n) is 2.08. The Kier molecular flexibility index (Phi) is 4.60. The van der Waals surface area contributed by atoms with Crippen LogP contribution in [0.3, 0.4) is 0 Å². The molecule has 1 unspecified atom stereocenters. The van der Waals surface area contributed by atoms with Gasteiger partial charge in [-0.05, 0) is 25.8 Å². The Morgan fingerprint density at radius 1 is 1.69 bits per heavy atom. The van der Waals surface area contributed by atoms with E-state index in [1.165, 1.54) is 0 Å². The van der Waals surface area contributed by atoms with Crippen molar-refractivity contribution in [1.82, 2.24) is 10.6 Å². The van der Waals surface area contributed by atoms with Crippen molar-refractivity contribution in [2.45, 2.75) is 38.8 Å². The van der Waals surface area contributed by atoms with Crippen molar-refractivity contribution in [2.75, 3.05) is 13.2 Å². The summed E-state index contributed by atoms with van der Waals surface area (Å²) in [6.45, 7) is 3.58. The van der Waals surface area contributed by atoms with Gasteiger partial charge in [0.15, 0.2) is 0 Å². The molecule has 13 heavy (non-hydrogen) atoms. The zero-order valence-corrected chi connectivity index (χ0v) is 8.14. The summed E-state index contributed by atoms with van der Waals surface area (Å²) < 4.78 is 4.95. The Hall–Kier alpha value is -0.770. The third kappa shape index (κ3) is 4.12. The minimum Gasteiger partial charge on any atom is -0.450 e. The number of ether oxygens (including phenoxy) is 1. The third-order valence-corrected chi connectivity index (χ3v) is 2.08. The second kappa shape index (κ2) is 5.80. The van der Waals surface area contributed by atoms with Crippen molar-refractivity contribution >= 4 is 6.09 Å². The second-order valence-electron chi connectivity index (χ2n) is 3.28. The molecule has 1 saturated heterocycles. The Morgan fingerprint density at radius 3 is 3.15 bits per heavy atom. The molecule has 1 aliphatic heterocycles. The first-order chi connectivity index (χ1) is 6.33. The van der Waals surface area contributed by atoms with Gasteiger partial charge in [-0.15, -0.1) is 0 Å². The van der Waals surface area contributed by atoms with Gasteiger partial charge in [0.25, 0.3) is 0 Å². The molecule has 0 saturated carbocycles. The Bertz CT molecular complexity index is 156. The predicted octanol–water partition coefficient (Wildman–Crippen LogP) is 1.22. The van der Waals surface area contributed by atoms with Crippen molar-refractivity contribution in [3.05, 3.63) is 0 Å². The first-order valence-corrected chi connectivity index (χ1v) is 4.99.